The summed E-state index contributed by atoms with van der Waals surface area (Å²) in [6.07, 6.45) is 0.744. The first-order chi connectivity index (χ1) is 9.47. The number of carbonyl (C=O) groups is 2. The summed E-state index contributed by atoms with van der Waals surface area (Å²) >= 11 is 0. The first-order valence-electron chi connectivity index (χ1n) is 6.65. The highest BCUT2D eigenvalue weighted by Gasteiger charge is 2.21. The zero-order chi connectivity index (χ0) is 14.7. The van der Waals surface area contributed by atoms with Crippen molar-refractivity contribution >= 4 is 17.5 Å². The van der Waals surface area contributed by atoms with E-state index in [1.807, 2.05) is 26.0 Å². The number of rotatable bonds is 3. The second-order valence-corrected chi connectivity index (χ2v) is 5.08. The Morgan fingerprint density at radius 2 is 2.10 bits per heavy atom. The lowest BCUT2D eigenvalue weighted by atomic mass is 10.1. The van der Waals surface area contributed by atoms with Gasteiger partial charge in [0.15, 0.2) is 0 Å². The Morgan fingerprint density at radius 1 is 1.35 bits per heavy atom. The van der Waals surface area contributed by atoms with Gasteiger partial charge in [0.05, 0.1) is 0 Å². The Hall–Kier alpha value is -2.17. The van der Waals surface area contributed by atoms with Crippen molar-refractivity contribution in [2.45, 2.75) is 33.2 Å². The Bertz CT molecular complexity index is 578. The van der Waals surface area contributed by atoms with Crippen LogP contribution in [0.3, 0.4) is 0 Å². The summed E-state index contributed by atoms with van der Waals surface area (Å²) in [6, 6.07) is 6.13. The second kappa shape index (κ2) is 5.86. The number of carbonyl (C=O) groups excluding carboxylic acids is 2. The van der Waals surface area contributed by atoms with Gasteiger partial charge in [-0.3, -0.25) is 9.59 Å². The van der Waals surface area contributed by atoms with E-state index >= 15 is 0 Å². The lowest BCUT2D eigenvalue weighted by molar-refractivity contribution is -0.130. The quantitative estimate of drug-likeness (QED) is 0.907. The molecule has 5 heteroatoms. The molecular weight excluding hydrogens is 254 g/mol. The number of amides is 2. The highest BCUT2D eigenvalue weighted by Crippen LogP contribution is 2.11. The minimum absolute atomic E-state index is 0.0593. The van der Waals surface area contributed by atoms with Gasteiger partial charge in [-0.25, -0.2) is 5.01 Å². The van der Waals surface area contributed by atoms with E-state index < -0.39 is 0 Å². The van der Waals surface area contributed by atoms with Crippen LogP contribution in [0.1, 0.15) is 29.5 Å². The van der Waals surface area contributed by atoms with Crippen LogP contribution < -0.4 is 5.32 Å². The van der Waals surface area contributed by atoms with Crippen molar-refractivity contribution in [3.8, 4) is 0 Å². The second-order valence-electron chi connectivity index (χ2n) is 5.08. The smallest absolute Gasteiger partial charge is 0.267 e. The summed E-state index contributed by atoms with van der Waals surface area (Å²) in [4.78, 5) is 23.3. The van der Waals surface area contributed by atoms with Gasteiger partial charge in [-0.1, -0.05) is 23.8 Å². The summed E-state index contributed by atoms with van der Waals surface area (Å²) in [5.41, 5.74) is 3.86. The molecule has 1 aliphatic rings. The molecular formula is C15H19N3O2. The molecule has 0 bridgehead atoms. The maximum Gasteiger partial charge on any atom is 0.267 e. The van der Waals surface area contributed by atoms with Gasteiger partial charge in [-0.2, -0.15) is 5.10 Å². The van der Waals surface area contributed by atoms with Crippen LogP contribution in [0.4, 0.5) is 0 Å². The van der Waals surface area contributed by atoms with Gasteiger partial charge in [0.1, 0.15) is 5.71 Å². The van der Waals surface area contributed by atoms with E-state index in [0.717, 1.165) is 11.1 Å². The molecule has 20 heavy (non-hydrogen) atoms. The summed E-state index contributed by atoms with van der Waals surface area (Å²) in [5, 5.41) is 8.09. The van der Waals surface area contributed by atoms with Crippen LogP contribution in [-0.4, -0.2) is 29.6 Å². The molecule has 5 nitrogen and oxygen atoms in total. The normalized spacial score (nSPS) is 15.1. The van der Waals surface area contributed by atoms with Crippen LogP contribution in [0, 0.1) is 13.8 Å². The molecule has 0 aromatic heterocycles. The van der Waals surface area contributed by atoms with Crippen molar-refractivity contribution in [1.29, 1.82) is 0 Å². The number of hydrogen-bond acceptors (Lipinski definition) is 3. The topological polar surface area (TPSA) is 61.8 Å². The molecule has 2 rings (SSSR count). The standard InChI is InChI=1S/C15H19N3O2/c1-10-4-5-12(11(2)8-10)9-16-15(20)13-6-7-14(19)18(3)17-13/h4-5,8H,6-7,9H2,1-3H3,(H,16,20). The van der Waals surface area contributed by atoms with Crippen molar-refractivity contribution in [2.75, 3.05) is 7.05 Å². The average molecular weight is 273 g/mol. The highest BCUT2D eigenvalue weighted by molar-refractivity contribution is 6.39. The van der Waals surface area contributed by atoms with Crippen molar-refractivity contribution in [3.63, 3.8) is 0 Å². The largest absolute Gasteiger partial charge is 0.347 e. The van der Waals surface area contributed by atoms with Crippen LogP contribution in [-0.2, 0) is 16.1 Å². The van der Waals surface area contributed by atoms with Crippen LogP contribution >= 0.6 is 0 Å². The zero-order valence-corrected chi connectivity index (χ0v) is 12.1. The van der Waals surface area contributed by atoms with Crippen molar-refractivity contribution < 1.29 is 9.59 Å². The maximum absolute atomic E-state index is 12.0. The third kappa shape index (κ3) is 3.23. The van der Waals surface area contributed by atoms with Crippen molar-refractivity contribution in [3.05, 3.63) is 34.9 Å². The molecule has 0 saturated carbocycles. The average Bonchev–Trinajstić information content (AvgIpc) is 2.40. The molecule has 1 heterocycles. The first-order valence-corrected chi connectivity index (χ1v) is 6.65. The van der Waals surface area contributed by atoms with Gasteiger partial charge < -0.3 is 5.32 Å². The zero-order valence-electron chi connectivity index (χ0n) is 12.1. The Kier molecular flexibility index (Phi) is 4.17. The fourth-order valence-corrected chi connectivity index (χ4v) is 2.15. The van der Waals surface area contributed by atoms with E-state index in [4.69, 9.17) is 0 Å². The molecule has 1 N–H and O–H groups in total. The molecule has 106 valence electrons. The fraction of sp³-hybridized carbons (Fsp3) is 0.400. The van der Waals surface area contributed by atoms with Crippen LogP contribution in [0.15, 0.2) is 23.3 Å². The third-order valence-corrected chi connectivity index (χ3v) is 3.41. The molecule has 1 aromatic rings. The minimum Gasteiger partial charge on any atom is -0.347 e. The molecule has 0 radical (unpaired) electrons. The molecule has 0 unspecified atom stereocenters. The van der Waals surface area contributed by atoms with E-state index in [0.29, 0.717) is 25.1 Å². The fourth-order valence-electron chi connectivity index (χ4n) is 2.15. The molecule has 0 fully saturated rings. The third-order valence-electron chi connectivity index (χ3n) is 3.41. The van der Waals surface area contributed by atoms with Crippen LogP contribution in [0.2, 0.25) is 0 Å². The minimum atomic E-state index is -0.204. The number of aryl methyl sites for hydroxylation is 2. The molecule has 1 aliphatic heterocycles. The van der Waals surface area contributed by atoms with Crippen molar-refractivity contribution in [1.82, 2.24) is 10.3 Å². The van der Waals surface area contributed by atoms with Gasteiger partial charge >= 0.3 is 0 Å². The van der Waals surface area contributed by atoms with Gasteiger partial charge in [0.25, 0.3) is 5.91 Å². The summed E-state index contributed by atoms with van der Waals surface area (Å²) in [7, 11) is 1.57. The first kappa shape index (κ1) is 14.2. The maximum atomic E-state index is 12.0. The summed E-state index contributed by atoms with van der Waals surface area (Å²) in [6.45, 7) is 4.54. The lowest BCUT2D eigenvalue weighted by Gasteiger charge is -2.19. The Balaban J connectivity index is 1.99. The molecule has 0 spiro atoms. The van der Waals surface area contributed by atoms with Gasteiger partial charge in [0, 0.05) is 26.4 Å². The number of nitrogens with zero attached hydrogens (tertiary/aromatic N) is 2. The molecule has 0 aliphatic carbocycles. The van der Waals surface area contributed by atoms with Crippen LogP contribution in [0.25, 0.3) is 0 Å². The number of hydrazone groups is 1. The number of benzene rings is 1. The van der Waals surface area contributed by atoms with Crippen LogP contribution in [0.5, 0.6) is 0 Å². The molecule has 0 atom stereocenters. The number of nitrogens with one attached hydrogen (secondary N) is 1. The highest BCUT2D eigenvalue weighted by atomic mass is 16.2. The van der Waals surface area contributed by atoms with Gasteiger partial charge in [0.2, 0.25) is 5.91 Å². The SMILES string of the molecule is Cc1ccc(CNC(=O)C2=NN(C)C(=O)CC2)c(C)c1. The van der Waals surface area contributed by atoms with E-state index in [1.54, 1.807) is 7.05 Å². The van der Waals surface area contributed by atoms with E-state index in [9.17, 15) is 9.59 Å². The molecule has 0 saturated heterocycles. The summed E-state index contributed by atoms with van der Waals surface area (Å²) < 4.78 is 0. The van der Waals surface area contributed by atoms with E-state index in [-0.39, 0.29) is 11.8 Å². The van der Waals surface area contributed by atoms with E-state index in [2.05, 4.69) is 16.5 Å². The lowest BCUT2D eigenvalue weighted by Crippen LogP contribution is -2.37. The summed E-state index contributed by atoms with van der Waals surface area (Å²) in [5.74, 6) is -0.264. The molecule has 2 amide bonds. The van der Waals surface area contributed by atoms with Gasteiger partial charge in [-0.05, 0) is 25.0 Å². The van der Waals surface area contributed by atoms with Gasteiger partial charge in [-0.15, -0.1) is 0 Å². The number of hydrogen-bond donors (Lipinski definition) is 1. The monoisotopic (exact) mass is 273 g/mol. The predicted molar refractivity (Wildman–Crippen MR) is 77.2 cm³/mol. The predicted octanol–water partition coefficient (Wildman–Crippen LogP) is 1.53. The Labute approximate surface area is 118 Å². The molecule has 1 aromatic carbocycles. The Morgan fingerprint density at radius 3 is 2.75 bits per heavy atom. The van der Waals surface area contributed by atoms with Crippen molar-refractivity contribution in [2.24, 2.45) is 5.10 Å². The van der Waals surface area contributed by atoms with E-state index in [1.165, 1.54) is 10.6 Å².